The van der Waals surface area contributed by atoms with Crippen molar-refractivity contribution in [3.8, 4) is 5.75 Å². The Labute approximate surface area is 131 Å². The minimum absolute atomic E-state index is 0.200. The van der Waals surface area contributed by atoms with Crippen LogP contribution in [0.5, 0.6) is 5.75 Å². The van der Waals surface area contributed by atoms with E-state index in [-0.39, 0.29) is 11.1 Å². The zero-order chi connectivity index (χ0) is 16.4. The van der Waals surface area contributed by atoms with Crippen LogP contribution in [0.4, 0.5) is 0 Å². The normalized spacial score (nSPS) is 14.4. The van der Waals surface area contributed by atoms with Crippen LogP contribution in [0.25, 0.3) is 0 Å². The Balaban J connectivity index is 1.69. The molecule has 0 bridgehead atoms. The average molecular weight is 312 g/mol. The number of hydrogen-bond acceptors (Lipinski definition) is 6. The van der Waals surface area contributed by atoms with Gasteiger partial charge >= 0.3 is 5.97 Å². The number of ether oxygens (including phenoxy) is 1. The summed E-state index contributed by atoms with van der Waals surface area (Å²) in [5, 5.41) is 0.454. The number of nitrogens with zero attached hydrogens (tertiary/aromatic N) is 2. The third kappa shape index (κ3) is 2.76. The van der Waals surface area contributed by atoms with Crippen LogP contribution in [-0.2, 0) is 9.63 Å². The van der Waals surface area contributed by atoms with Crippen molar-refractivity contribution in [2.75, 3.05) is 0 Å². The van der Waals surface area contributed by atoms with E-state index in [2.05, 4.69) is 4.98 Å². The van der Waals surface area contributed by atoms with Gasteiger partial charge in [-0.3, -0.25) is 14.6 Å². The molecule has 1 aliphatic rings. The summed E-state index contributed by atoms with van der Waals surface area (Å²) in [6.07, 6.45) is 1.99. The molecule has 3 rings (SSSR count). The zero-order valence-corrected chi connectivity index (χ0v) is 12.1. The third-order valence-corrected chi connectivity index (χ3v) is 3.22. The van der Waals surface area contributed by atoms with E-state index in [0.717, 1.165) is 0 Å². The molecule has 2 heterocycles. The lowest BCUT2D eigenvalue weighted by molar-refractivity contribution is -0.176. The monoisotopic (exact) mass is 312 g/mol. The summed E-state index contributed by atoms with van der Waals surface area (Å²) < 4.78 is 5.35. The first-order valence-electron chi connectivity index (χ1n) is 6.84. The average Bonchev–Trinajstić information content (AvgIpc) is 2.81. The number of aromatic nitrogens is 1. The lowest BCUT2D eigenvalue weighted by atomic mass is 10.1. The highest BCUT2D eigenvalue weighted by Crippen LogP contribution is 2.23. The first kappa shape index (κ1) is 14.7. The number of rotatable bonds is 4. The predicted molar refractivity (Wildman–Crippen MR) is 77.4 cm³/mol. The van der Waals surface area contributed by atoms with E-state index in [1.54, 1.807) is 30.5 Å². The standard InChI is InChI=1S/C16H12N2O5/c1-10(22-11-5-4-8-17-9-11)16(21)23-18-14(19)12-6-2-3-7-13(12)15(18)20/h2-10H,1H3. The van der Waals surface area contributed by atoms with Gasteiger partial charge in [0.15, 0.2) is 6.10 Å². The van der Waals surface area contributed by atoms with E-state index < -0.39 is 23.9 Å². The van der Waals surface area contributed by atoms with Gasteiger partial charge in [-0.2, -0.15) is 0 Å². The summed E-state index contributed by atoms with van der Waals surface area (Å²) >= 11 is 0. The van der Waals surface area contributed by atoms with Crippen LogP contribution in [0.2, 0.25) is 0 Å². The van der Waals surface area contributed by atoms with E-state index in [1.807, 2.05) is 0 Å². The molecule has 0 saturated heterocycles. The maximum atomic E-state index is 12.1. The number of fused-ring (bicyclic) bond motifs is 1. The van der Waals surface area contributed by atoms with Gasteiger partial charge in [0, 0.05) is 6.20 Å². The van der Waals surface area contributed by atoms with Gasteiger partial charge in [-0.05, 0) is 31.2 Å². The van der Waals surface area contributed by atoms with Crippen LogP contribution < -0.4 is 4.74 Å². The molecule has 1 unspecified atom stereocenters. The number of hydroxylamine groups is 2. The van der Waals surface area contributed by atoms with Gasteiger partial charge in [0.2, 0.25) is 0 Å². The number of benzene rings is 1. The maximum Gasteiger partial charge on any atom is 0.373 e. The van der Waals surface area contributed by atoms with Gasteiger partial charge < -0.3 is 9.57 Å². The lowest BCUT2D eigenvalue weighted by Crippen LogP contribution is -2.37. The number of carbonyl (C=O) groups excluding carboxylic acids is 3. The molecule has 7 heteroatoms. The summed E-state index contributed by atoms with van der Waals surface area (Å²) in [6, 6.07) is 9.53. The van der Waals surface area contributed by atoms with Crippen molar-refractivity contribution < 1.29 is 24.0 Å². The van der Waals surface area contributed by atoms with Gasteiger partial charge in [-0.25, -0.2) is 4.79 Å². The zero-order valence-electron chi connectivity index (χ0n) is 12.1. The summed E-state index contributed by atoms with van der Waals surface area (Å²) in [5.74, 6) is -1.83. The van der Waals surface area contributed by atoms with E-state index in [9.17, 15) is 14.4 Å². The highest BCUT2D eigenvalue weighted by atomic mass is 16.7. The van der Waals surface area contributed by atoms with Crippen LogP contribution in [-0.4, -0.2) is 33.9 Å². The number of imide groups is 1. The Morgan fingerprint density at radius 1 is 1.09 bits per heavy atom. The van der Waals surface area contributed by atoms with Gasteiger partial charge in [0.1, 0.15) is 5.75 Å². The van der Waals surface area contributed by atoms with Gasteiger partial charge in [-0.1, -0.05) is 17.2 Å². The second-order valence-corrected chi connectivity index (χ2v) is 4.81. The van der Waals surface area contributed by atoms with Crippen LogP contribution in [0.1, 0.15) is 27.6 Å². The molecule has 1 atom stereocenters. The molecule has 23 heavy (non-hydrogen) atoms. The Hall–Kier alpha value is -3.22. The fourth-order valence-corrected chi connectivity index (χ4v) is 2.08. The Morgan fingerprint density at radius 3 is 2.30 bits per heavy atom. The molecule has 1 aromatic heterocycles. The highest BCUT2D eigenvalue weighted by Gasteiger charge is 2.39. The minimum atomic E-state index is -1.01. The smallest absolute Gasteiger partial charge is 0.373 e. The largest absolute Gasteiger partial charge is 0.477 e. The molecule has 0 N–H and O–H groups in total. The second-order valence-electron chi connectivity index (χ2n) is 4.81. The molecular formula is C16H12N2O5. The Bertz CT molecular complexity index is 740. The topological polar surface area (TPSA) is 85.8 Å². The summed E-state index contributed by atoms with van der Waals surface area (Å²) in [7, 11) is 0. The van der Waals surface area contributed by atoms with Crippen LogP contribution in [0.15, 0.2) is 48.8 Å². The van der Waals surface area contributed by atoms with Crippen molar-refractivity contribution in [2.45, 2.75) is 13.0 Å². The van der Waals surface area contributed by atoms with Crippen LogP contribution >= 0.6 is 0 Å². The van der Waals surface area contributed by atoms with Crippen molar-refractivity contribution >= 4 is 17.8 Å². The minimum Gasteiger partial charge on any atom is -0.477 e. The summed E-state index contributed by atoms with van der Waals surface area (Å²) in [5.41, 5.74) is 0.400. The summed E-state index contributed by atoms with van der Waals surface area (Å²) in [4.78, 5) is 45.0. The maximum absolute atomic E-state index is 12.1. The molecular weight excluding hydrogens is 300 g/mol. The Kier molecular flexibility index (Phi) is 3.76. The fourth-order valence-electron chi connectivity index (χ4n) is 2.08. The number of carbonyl (C=O) groups is 3. The van der Waals surface area contributed by atoms with Crippen molar-refractivity contribution in [1.82, 2.24) is 10.0 Å². The van der Waals surface area contributed by atoms with E-state index in [4.69, 9.17) is 9.57 Å². The van der Waals surface area contributed by atoms with Crippen molar-refractivity contribution in [3.05, 3.63) is 59.9 Å². The van der Waals surface area contributed by atoms with Gasteiger partial charge in [0.05, 0.1) is 17.3 Å². The number of hydrogen-bond donors (Lipinski definition) is 0. The van der Waals surface area contributed by atoms with Crippen molar-refractivity contribution in [1.29, 1.82) is 0 Å². The van der Waals surface area contributed by atoms with Crippen LogP contribution in [0, 0.1) is 0 Å². The molecule has 0 aliphatic carbocycles. The van der Waals surface area contributed by atoms with Gasteiger partial charge in [0.25, 0.3) is 11.8 Å². The van der Waals surface area contributed by atoms with Crippen LogP contribution in [0.3, 0.4) is 0 Å². The molecule has 0 saturated carbocycles. The summed E-state index contributed by atoms with van der Waals surface area (Å²) in [6.45, 7) is 1.45. The quantitative estimate of drug-likeness (QED) is 0.797. The molecule has 116 valence electrons. The SMILES string of the molecule is CC(Oc1cccnc1)C(=O)ON1C(=O)c2ccccc2C1=O. The number of amides is 2. The molecule has 2 amide bonds. The molecule has 1 aromatic carbocycles. The second kappa shape index (κ2) is 5.88. The fraction of sp³-hybridized carbons (Fsp3) is 0.125. The molecule has 7 nitrogen and oxygen atoms in total. The van der Waals surface area contributed by atoms with Gasteiger partial charge in [-0.15, -0.1) is 0 Å². The molecule has 1 aliphatic heterocycles. The van der Waals surface area contributed by atoms with Crippen molar-refractivity contribution in [2.24, 2.45) is 0 Å². The van der Waals surface area contributed by atoms with E-state index >= 15 is 0 Å². The molecule has 0 radical (unpaired) electrons. The molecule has 2 aromatic rings. The van der Waals surface area contributed by atoms with Crippen molar-refractivity contribution in [3.63, 3.8) is 0 Å². The lowest BCUT2D eigenvalue weighted by Gasteiger charge is -2.17. The highest BCUT2D eigenvalue weighted by molar-refractivity contribution is 6.20. The number of pyridine rings is 1. The Morgan fingerprint density at radius 2 is 1.74 bits per heavy atom. The first-order chi connectivity index (χ1) is 11.1. The predicted octanol–water partition coefficient (Wildman–Crippen LogP) is 1.60. The first-order valence-corrected chi connectivity index (χ1v) is 6.84. The van der Waals surface area contributed by atoms with E-state index in [1.165, 1.54) is 25.3 Å². The molecule has 0 fully saturated rings. The third-order valence-electron chi connectivity index (χ3n) is 3.22. The van der Waals surface area contributed by atoms with E-state index in [0.29, 0.717) is 10.8 Å². The molecule has 0 spiro atoms.